The van der Waals surface area contributed by atoms with Crippen LogP contribution in [-0.4, -0.2) is 134 Å². The topological polar surface area (TPSA) is 298 Å². The minimum Gasteiger partial charge on any atom is -0.479 e. The highest BCUT2D eigenvalue weighted by atomic mass is 32.3. The molecule has 1 saturated heterocycles. The van der Waals surface area contributed by atoms with E-state index in [0.29, 0.717) is 0 Å². The summed E-state index contributed by atoms with van der Waals surface area (Å²) in [6, 6.07) is -1.10. The van der Waals surface area contributed by atoms with Gasteiger partial charge in [-0.25, -0.2) is 8.98 Å². The second-order valence-electron chi connectivity index (χ2n) is 6.34. The van der Waals surface area contributed by atoms with Crippen LogP contribution < -0.4 is 5.32 Å². The van der Waals surface area contributed by atoms with Crippen LogP contribution in [-0.2, 0) is 33.7 Å². The molecule has 1 aliphatic heterocycles. The number of hydrogen-bond acceptors (Lipinski definition) is 14. The van der Waals surface area contributed by atoms with Crippen LogP contribution in [0.4, 0.5) is 0 Å². The van der Waals surface area contributed by atoms with E-state index in [2.05, 4.69) is 9.50 Å². The third kappa shape index (κ3) is 9.34. The van der Waals surface area contributed by atoms with Crippen molar-refractivity contribution in [3.05, 3.63) is 0 Å². The highest BCUT2D eigenvalue weighted by Gasteiger charge is 2.44. The molecular formula is C14H25NO16S. The van der Waals surface area contributed by atoms with E-state index < -0.39 is 83.9 Å². The number of aldehydes is 1. The summed E-state index contributed by atoms with van der Waals surface area (Å²) in [5.41, 5.74) is 0. The predicted molar refractivity (Wildman–Crippen MR) is 95.7 cm³/mol. The largest absolute Gasteiger partial charge is 0.479 e. The number of carbonyl (C=O) groups excluding carboxylic acids is 2. The van der Waals surface area contributed by atoms with E-state index >= 15 is 0 Å². The first kappa shape index (κ1) is 30.2. The summed E-state index contributed by atoms with van der Waals surface area (Å²) in [5.74, 6) is -2.37. The van der Waals surface area contributed by atoms with Gasteiger partial charge >= 0.3 is 16.4 Å². The van der Waals surface area contributed by atoms with Gasteiger partial charge in [0.05, 0.1) is 6.61 Å². The van der Waals surface area contributed by atoms with Gasteiger partial charge in [0.1, 0.15) is 36.6 Å². The number of aliphatic hydroxyl groups excluding tert-OH is 7. The number of aliphatic carboxylic acids is 1. The molecule has 18 heteroatoms. The summed E-state index contributed by atoms with van der Waals surface area (Å²) in [6.07, 6.45) is -15.0. The van der Waals surface area contributed by atoms with Crippen molar-refractivity contribution in [3.63, 3.8) is 0 Å². The van der Waals surface area contributed by atoms with Crippen LogP contribution in [0.1, 0.15) is 6.92 Å². The van der Waals surface area contributed by atoms with Crippen LogP contribution in [0.5, 0.6) is 0 Å². The molecule has 0 aromatic carbocycles. The maximum absolute atomic E-state index is 10.7. The first-order valence-electron chi connectivity index (χ1n) is 8.52. The Hall–Kier alpha value is -1.84. The van der Waals surface area contributed by atoms with Gasteiger partial charge in [-0.05, 0) is 0 Å². The van der Waals surface area contributed by atoms with Gasteiger partial charge in [0.15, 0.2) is 24.8 Å². The monoisotopic (exact) mass is 495 g/mol. The van der Waals surface area contributed by atoms with E-state index in [4.69, 9.17) is 34.8 Å². The van der Waals surface area contributed by atoms with Crippen molar-refractivity contribution in [2.75, 3.05) is 6.61 Å². The number of carboxylic acid groups (broad SMARTS) is 1. The molecule has 0 aromatic rings. The first-order valence-corrected chi connectivity index (χ1v) is 9.89. The zero-order valence-corrected chi connectivity index (χ0v) is 17.1. The lowest BCUT2D eigenvalue weighted by Gasteiger charge is -2.40. The van der Waals surface area contributed by atoms with Crippen molar-refractivity contribution >= 4 is 28.6 Å². The lowest BCUT2D eigenvalue weighted by Crippen LogP contribution is -2.63. The van der Waals surface area contributed by atoms with Crippen molar-refractivity contribution in [3.8, 4) is 0 Å². The third-order valence-corrected chi connectivity index (χ3v) is 4.37. The fourth-order valence-corrected chi connectivity index (χ4v) is 2.76. The molecule has 10 N–H and O–H groups in total. The van der Waals surface area contributed by atoms with Gasteiger partial charge in [-0.15, -0.1) is 0 Å². The first-order chi connectivity index (χ1) is 14.6. The van der Waals surface area contributed by atoms with E-state index in [-0.39, 0.29) is 6.29 Å². The van der Waals surface area contributed by atoms with Crippen LogP contribution in [0, 0.1) is 0 Å². The summed E-state index contributed by atoms with van der Waals surface area (Å²) in [4.78, 5) is 31.3. The minimum atomic E-state index is -5.09. The zero-order chi connectivity index (χ0) is 25.4. The van der Waals surface area contributed by atoms with Gasteiger partial charge in [0.25, 0.3) is 0 Å². The Morgan fingerprint density at radius 1 is 1.12 bits per heavy atom. The predicted octanol–water partition coefficient (Wildman–Crippen LogP) is -6.54. The summed E-state index contributed by atoms with van der Waals surface area (Å²) in [5, 5.41) is 74.7. The van der Waals surface area contributed by atoms with Crippen LogP contribution in [0.2, 0.25) is 0 Å². The van der Waals surface area contributed by atoms with Crippen molar-refractivity contribution < 1.29 is 77.1 Å². The van der Waals surface area contributed by atoms with Crippen molar-refractivity contribution in [2.24, 2.45) is 0 Å². The molecule has 17 nitrogen and oxygen atoms in total. The molecule has 0 radical (unpaired) electrons. The Morgan fingerprint density at radius 2 is 1.66 bits per heavy atom. The number of rotatable bonds is 9. The fraction of sp³-hybridized carbons (Fsp3) is 0.786. The molecular weight excluding hydrogens is 470 g/mol. The Labute approximate surface area is 180 Å². The van der Waals surface area contributed by atoms with Crippen LogP contribution in [0.15, 0.2) is 0 Å². The molecule has 1 fully saturated rings. The van der Waals surface area contributed by atoms with E-state index in [1.165, 1.54) is 6.92 Å². The summed E-state index contributed by atoms with van der Waals surface area (Å²) in [7, 11) is -5.09. The Kier molecular flexibility index (Phi) is 12.3. The highest BCUT2D eigenvalue weighted by Crippen LogP contribution is 2.19. The van der Waals surface area contributed by atoms with Gasteiger partial charge in [0.2, 0.25) is 5.91 Å². The second kappa shape index (κ2) is 13.0. The second-order valence-corrected chi connectivity index (χ2v) is 7.39. The van der Waals surface area contributed by atoms with Crippen molar-refractivity contribution in [2.45, 2.75) is 62.0 Å². The minimum absolute atomic E-state index is 0.295. The number of aliphatic hydroxyl groups is 7. The smallest absolute Gasteiger partial charge is 0.398 e. The van der Waals surface area contributed by atoms with Crippen LogP contribution in [0.25, 0.3) is 0 Å². The van der Waals surface area contributed by atoms with Gasteiger partial charge in [-0.1, -0.05) is 0 Å². The van der Waals surface area contributed by atoms with E-state index in [9.17, 15) is 38.1 Å². The number of hydrogen-bond donors (Lipinski definition) is 10. The molecule has 9 atom stereocenters. The summed E-state index contributed by atoms with van der Waals surface area (Å²) >= 11 is 0. The Morgan fingerprint density at radius 3 is 2.03 bits per heavy atom. The van der Waals surface area contributed by atoms with E-state index in [1.54, 1.807) is 0 Å². The average Bonchev–Trinajstić information content (AvgIpc) is 2.69. The molecule has 0 spiro atoms. The normalized spacial score (nSPS) is 29.5. The number of nitrogens with one attached hydrogen (secondary N) is 1. The molecule has 0 aromatic heterocycles. The molecule has 32 heavy (non-hydrogen) atoms. The highest BCUT2D eigenvalue weighted by molar-refractivity contribution is 7.80. The summed E-state index contributed by atoms with van der Waals surface area (Å²) < 4.78 is 37.1. The molecule has 0 aliphatic carbocycles. The van der Waals surface area contributed by atoms with Gasteiger partial charge in [-0.3, -0.25) is 9.35 Å². The van der Waals surface area contributed by atoms with Crippen LogP contribution in [0.3, 0.4) is 0 Å². The molecule has 0 bridgehead atoms. The SMILES string of the molecule is CC(=O)N[C@H]1C(O)O[C@H](CO)[C@H](O)[C@@H]1O.O=CC(OS(=O)(=O)O)C(O)C(O)C(O)C(=O)O. The lowest BCUT2D eigenvalue weighted by molar-refractivity contribution is -0.253. The number of ether oxygens (including phenoxy) is 1. The molecule has 1 aliphatic rings. The Bertz CT molecular complexity index is 730. The zero-order valence-electron chi connectivity index (χ0n) is 16.3. The standard InChI is InChI=1S/C8H15NO6.C6H10O10S/c1-3(11)9-5-7(13)6(12)4(2-10)15-8(5)14;7-1-2(16-17(13,14)15)3(8)4(9)5(10)6(11)12/h4-8,10,12-14H,2H2,1H3,(H,9,11);1-5,8-10H,(H,11,12)(H,13,14,15)/t4-,5-,6+,7-,8?;/m1./s1. The van der Waals surface area contributed by atoms with Crippen molar-refractivity contribution in [1.29, 1.82) is 0 Å². The summed E-state index contributed by atoms with van der Waals surface area (Å²) in [6.45, 7) is 0.687. The maximum atomic E-state index is 10.7. The quantitative estimate of drug-likeness (QED) is 0.105. The van der Waals surface area contributed by atoms with Gasteiger partial charge < -0.3 is 55.7 Å². The molecule has 188 valence electrons. The Balaban J connectivity index is 0.000000604. The lowest BCUT2D eigenvalue weighted by atomic mass is 9.97. The number of carbonyl (C=O) groups is 3. The molecule has 1 amide bonds. The third-order valence-electron chi connectivity index (χ3n) is 3.90. The fourth-order valence-electron chi connectivity index (χ4n) is 2.32. The molecule has 1 heterocycles. The van der Waals surface area contributed by atoms with Gasteiger partial charge in [0, 0.05) is 6.92 Å². The maximum Gasteiger partial charge on any atom is 0.398 e. The van der Waals surface area contributed by atoms with Gasteiger partial charge in [-0.2, -0.15) is 8.42 Å². The van der Waals surface area contributed by atoms with Crippen LogP contribution >= 0.6 is 0 Å². The molecule has 1 rings (SSSR count). The number of amides is 1. The molecule has 5 unspecified atom stereocenters. The van der Waals surface area contributed by atoms with Crippen molar-refractivity contribution in [1.82, 2.24) is 5.32 Å². The van der Waals surface area contributed by atoms with E-state index in [0.717, 1.165) is 0 Å². The van der Waals surface area contributed by atoms with E-state index in [1.807, 2.05) is 0 Å². The number of carboxylic acids is 1. The average molecular weight is 495 g/mol. The molecule has 0 saturated carbocycles.